The lowest BCUT2D eigenvalue weighted by Crippen LogP contribution is -2.25. The minimum atomic E-state index is -0.309. The van der Waals surface area contributed by atoms with Crippen LogP contribution in [0.5, 0.6) is 5.75 Å². The van der Waals surface area contributed by atoms with Crippen molar-refractivity contribution in [3.63, 3.8) is 0 Å². The van der Waals surface area contributed by atoms with E-state index in [2.05, 4.69) is 24.1 Å². The fraction of sp³-hybridized carbons (Fsp3) is 0.353. The van der Waals surface area contributed by atoms with E-state index >= 15 is 0 Å². The molecule has 1 heterocycles. The van der Waals surface area contributed by atoms with Crippen molar-refractivity contribution in [2.45, 2.75) is 32.4 Å². The van der Waals surface area contributed by atoms with Gasteiger partial charge in [-0.2, -0.15) is 0 Å². The smallest absolute Gasteiger partial charge is 0.141 e. The lowest BCUT2D eigenvalue weighted by molar-refractivity contribution is 0.413. The Kier molecular flexibility index (Phi) is 5.28. The number of hydrogen-bond donors (Lipinski definition) is 1. The molecule has 0 amide bonds. The molecule has 2 unspecified atom stereocenters. The van der Waals surface area contributed by atoms with E-state index < -0.39 is 0 Å². The summed E-state index contributed by atoms with van der Waals surface area (Å²) in [5, 5.41) is 3.53. The minimum absolute atomic E-state index is 0.0997. The molecular formula is C17H21FN2O. The highest BCUT2D eigenvalue weighted by atomic mass is 19.1. The van der Waals surface area contributed by atoms with Crippen LogP contribution in [0.3, 0.4) is 0 Å². The van der Waals surface area contributed by atoms with Crippen LogP contribution in [-0.2, 0) is 0 Å². The molecule has 3 nitrogen and oxygen atoms in total. The Bertz CT molecular complexity index is 554. The van der Waals surface area contributed by atoms with E-state index in [4.69, 9.17) is 4.74 Å². The quantitative estimate of drug-likeness (QED) is 0.871. The van der Waals surface area contributed by atoms with Crippen molar-refractivity contribution in [3.8, 4) is 5.75 Å². The standard InChI is InChI=1S/C17H21FN2O/c1-4-16(17-10-7-14(18)11-19-17)20-12(2)13-5-8-15(21-3)9-6-13/h5-12,16,20H,4H2,1-3H3. The molecule has 112 valence electrons. The van der Waals surface area contributed by atoms with Gasteiger partial charge in [0.2, 0.25) is 0 Å². The first kappa shape index (κ1) is 15.4. The summed E-state index contributed by atoms with van der Waals surface area (Å²) >= 11 is 0. The summed E-state index contributed by atoms with van der Waals surface area (Å²) in [6.45, 7) is 4.19. The van der Waals surface area contributed by atoms with Crippen LogP contribution in [0.15, 0.2) is 42.6 Å². The normalized spacial score (nSPS) is 13.7. The number of halogens is 1. The summed E-state index contributed by atoms with van der Waals surface area (Å²) in [7, 11) is 1.66. The molecule has 2 aromatic rings. The predicted octanol–water partition coefficient (Wildman–Crippen LogP) is 4.03. The highest BCUT2D eigenvalue weighted by molar-refractivity contribution is 5.29. The number of methoxy groups -OCH3 is 1. The number of nitrogens with one attached hydrogen (secondary N) is 1. The first-order valence-corrected chi connectivity index (χ1v) is 7.15. The Balaban J connectivity index is 2.08. The van der Waals surface area contributed by atoms with Crippen molar-refractivity contribution in [1.29, 1.82) is 0 Å². The first-order chi connectivity index (χ1) is 10.1. The molecule has 0 bridgehead atoms. The fourth-order valence-corrected chi connectivity index (χ4v) is 2.30. The molecule has 4 heteroatoms. The molecule has 0 radical (unpaired) electrons. The summed E-state index contributed by atoms with van der Waals surface area (Å²) in [6.07, 6.45) is 2.15. The molecule has 0 spiro atoms. The van der Waals surface area contributed by atoms with Crippen molar-refractivity contribution >= 4 is 0 Å². The molecule has 2 atom stereocenters. The zero-order valence-electron chi connectivity index (χ0n) is 12.6. The molecule has 1 aromatic heterocycles. The van der Waals surface area contributed by atoms with Crippen LogP contribution in [0.1, 0.15) is 43.6 Å². The Hall–Kier alpha value is -1.94. The van der Waals surface area contributed by atoms with Gasteiger partial charge in [0.1, 0.15) is 11.6 Å². The maximum atomic E-state index is 13.0. The molecule has 0 saturated carbocycles. The zero-order chi connectivity index (χ0) is 15.2. The van der Waals surface area contributed by atoms with Crippen molar-refractivity contribution < 1.29 is 9.13 Å². The van der Waals surface area contributed by atoms with Crippen molar-refractivity contribution in [2.24, 2.45) is 0 Å². The van der Waals surface area contributed by atoms with Crippen LogP contribution in [0.25, 0.3) is 0 Å². The Labute approximate surface area is 125 Å². The monoisotopic (exact) mass is 288 g/mol. The third-order valence-corrected chi connectivity index (χ3v) is 3.58. The van der Waals surface area contributed by atoms with Crippen LogP contribution in [0.2, 0.25) is 0 Å². The third kappa shape index (κ3) is 4.02. The van der Waals surface area contributed by atoms with E-state index in [1.54, 1.807) is 13.2 Å². The van der Waals surface area contributed by atoms with Gasteiger partial charge in [0.25, 0.3) is 0 Å². The summed E-state index contributed by atoms with van der Waals surface area (Å²) in [6, 6.07) is 11.4. The van der Waals surface area contributed by atoms with Crippen LogP contribution < -0.4 is 10.1 Å². The molecule has 2 rings (SSSR count). The van der Waals surface area contributed by atoms with E-state index in [0.717, 1.165) is 17.9 Å². The SMILES string of the molecule is CCC(NC(C)c1ccc(OC)cc1)c1ccc(F)cn1. The number of pyridine rings is 1. The van der Waals surface area contributed by atoms with Gasteiger partial charge < -0.3 is 10.1 Å². The molecule has 0 saturated heterocycles. The Morgan fingerprint density at radius 1 is 1.19 bits per heavy atom. The second kappa shape index (κ2) is 7.18. The average Bonchev–Trinajstić information content (AvgIpc) is 2.53. The fourth-order valence-electron chi connectivity index (χ4n) is 2.30. The number of ether oxygens (including phenoxy) is 1. The van der Waals surface area contributed by atoms with Gasteiger partial charge in [0.05, 0.1) is 19.0 Å². The van der Waals surface area contributed by atoms with Crippen LogP contribution in [-0.4, -0.2) is 12.1 Å². The van der Waals surface area contributed by atoms with Crippen molar-refractivity contribution in [2.75, 3.05) is 7.11 Å². The summed E-state index contributed by atoms with van der Waals surface area (Å²) in [5.41, 5.74) is 2.04. The van der Waals surface area contributed by atoms with Gasteiger partial charge in [-0.1, -0.05) is 19.1 Å². The third-order valence-electron chi connectivity index (χ3n) is 3.58. The second-order valence-corrected chi connectivity index (χ2v) is 5.02. The average molecular weight is 288 g/mol. The number of hydrogen-bond acceptors (Lipinski definition) is 3. The van der Waals surface area contributed by atoms with Gasteiger partial charge in [-0.15, -0.1) is 0 Å². The van der Waals surface area contributed by atoms with E-state index in [1.807, 2.05) is 24.3 Å². The van der Waals surface area contributed by atoms with E-state index in [1.165, 1.54) is 17.8 Å². The molecule has 0 aliphatic carbocycles. The van der Waals surface area contributed by atoms with E-state index in [0.29, 0.717) is 0 Å². The summed E-state index contributed by atoms with van der Waals surface area (Å²) in [4.78, 5) is 4.17. The first-order valence-electron chi connectivity index (χ1n) is 7.15. The number of benzene rings is 1. The van der Waals surface area contributed by atoms with Crippen LogP contribution >= 0.6 is 0 Å². The van der Waals surface area contributed by atoms with Gasteiger partial charge in [0.15, 0.2) is 0 Å². The van der Waals surface area contributed by atoms with Gasteiger partial charge in [-0.3, -0.25) is 4.98 Å². The van der Waals surface area contributed by atoms with E-state index in [-0.39, 0.29) is 17.9 Å². The second-order valence-electron chi connectivity index (χ2n) is 5.02. The topological polar surface area (TPSA) is 34.1 Å². The molecule has 0 fully saturated rings. The predicted molar refractivity (Wildman–Crippen MR) is 81.8 cm³/mol. The van der Waals surface area contributed by atoms with Gasteiger partial charge in [0, 0.05) is 12.1 Å². The summed E-state index contributed by atoms with van der Waals surface area (Å²) < 4.78 is 18.1. The number of nitrogens with zero attached hydrogens (tertiary/aromatic N) is 1. The van der Waals surface area contributed by atoms with Crippen molar-refractivity contribution in [3.05, 3.63) is 59.7 Å². The molecule has 1 N–H and O–H groups in total. The zero-order valence-corrected chi connectivity index (χ0v) is 12.6. The lowest BCUT2D eigenvalue weighted by atomic mass is 10.0. The molecule has 21 heavy (non-hydrogen) atoms. The van der Waals surface area contributed by atoms with Gasteiger partial charge in [-0.05, 0) is 43.2 Å². The highest BCUT2D eigenvalue weighted by Gasteiger charge is 2.15. The molecule has 1 aromatic carbocycles. The molecule has 0 aliphatic heterocycles. The Morgan fingerprint density at radius 3 is 2.43 bits per heavy atom. The van der Waals surface area contributed by atoms with Gasteiger partial charge >= 0.3 is 0 Å². The minimum Gasteiger partial charge on any atom is -0.497 e. The van der Waals surface area contributed by atoms with Crippen molar-refractivity contribution in [1.82, 2.24) is 10.3 Å². The van der Waals surface area contributed by atoms with Gasteiger partial charge in [-0.25, -0.2) is 4.39 Å². The highest BCUT2D eigenvalue weighted by Crippen LogP contribution is 2.22. The maximum absolute atomic E-state index is 13.0. The molecular weight excluding hydrogens is 267 g/mol. The summed E-state index contributed by atoms with van der Waals surface area (Å²) in [5.74, 6) is 0.537. The number of rotatable bonds is 6. The Morgan fingerprint density at radius 2 is 1.90 bits per heavy atom. The van der Waals surface area contributed by atoms with Crippen LogP contribution in [0, 0.1) is 5.82 Å². The maximum Gasteiger partial charge on any atom is 0.141 e. The molecule has 0 aliphatic rings. The van der Waals surface area contributed by atoms with Crippen LogP contribution in [0.4, 0.5) is 4.39 Å². The largest absolute Gasteiger partial charge is 0.497 e. The van der Waals surface area contributed by atoms with E-state index in [9.17, 15) is 4.39 Å². The number of aromatic nitrogens is 1. The lowest BCUT2D eigenvalue weighted by Gasteiger charge is -2.22.